The highest BCUT2D eigenvalue weighted by molar-refractivity contribution is 5.77. The molecule has 1 aliphatic rings. The number of hydrogen-bond donors (Lipinski definition) is 0. The van der Waals surface area contributed by atoms with Crippen LogP contribution in [0.15, 0.2) is 42.5 Å². The molecule has 2 aromatic rings. The summed E-state index contributed by atoms with van der Waals surface area (Å²) >= 11 is 0. The van der Waals surface area contributed by atoms with E-state index in [4.69, 9.17) is 18.9 Å². The molecule has 25 heavy (non-hydrogen) atoms. The van der Waals surface area contributed by atoms with Crippen LogP contribution in [-0.2, 0) is 4.74 Å². The Labute approximate surface area is 149 Å². The van der Waals surface area contributed by atoms with Crippen LogP contribution in [0.1, 0.15) is 26.2 Å². The van der Waals surface area contributed by atoms with Gasteiger partial charge in [0.05, 0.1) is 18.8 Å². The summed E-state index contributed by atoms with van der Waals surface area (Å²) in [6.07, 6.45) is 3.82. The van der Waals surface area contributed by atoms with E-state index >= 15 is 0 Å². The quantitative estimate of drug-likeness (QED) is 0.575. The SMILES string of the molecule is CCOc1cccc(OCCC2CC2)c1-c1ccc(OCOC)cc1. The number of benzene rings is 2. The molecule has 134 valence electrons. The van der Waals surface area contributed by atoms with Gasteiger partial charge in [-0.25, -0.2) is 0 Å². The molecule has 0 radical (unpaired) electrons. The van der Waals surface area contributed by atoms with Crippen molar-refractivity contribution in [3.05, 3.63) is 42.5 Å². The maximum Gasteiger partial charge on any atom is 0.188 e. The van der Waals surface area contributed by atoms with Crippen molar-refractivity contribution in [1.29, 1.82) is 0 Å². The fraction of sp³-hybridized carbons (Fsp3) is 0.429. The molecule has 0 saturated heterocycles. The maximum absolute atomic E-state index is 6.09. The van der Waals surface area contributed by atoms with Crippen LogP contribution in [0.5, 0.6) is 17.2 Å². The van der Waals surface area contributed by atoms with Gasteiger partial charge in [0.25, 0.3) is 0 Å². The van der Waals surface area contributed by atoms with E-state index in [1.165, 1.54) is 12.8 Å². The zero-order valence-corrected chi connectivity index (χ0v) is 15.0. The predicted molar refractivity (Wildman–Crippen MR) is 98.4 cm³/mol. The van der Waals surface area contributed by atoms with Gasteiger partial charge in [-0.05, 0) is 49.1 Å². The van der Waals surface area contributed by atoms with Crippen LogP contribution in [0, 0.1) is 5.92 Å². The first kappa shape index (κ1) is 17.6. The summed E-state index contributed by atoms with van der Waals surface area (Å²) in [5.41, 5.74) is 2.05. The van der Waals surface area contributed by atoms with Crippen molar-refractivity contribution >= 4 is 0 Å². The number of rotatable bonds is 10. The lowest BCUT2D eigenvalue weighted by molar-refractivity contribution is 0.0511. The van der Waals surface area contributed by atoms with Gasteiger partial charge in [-0.3, -0.25) is 0 Å². The van der Waals surface area contributed by atoms with Crippen molar-refractivity contribution in [2.24, 2.45) is 5.92 Å². The van der Waals surface area contributed by atoms with E-state index in [-0.39, 0.29) is 6.79 Å². The van der Waals surface area contributed by atoms with Crippen LogP contribution in [0.25, 0.3) is 11.1 Å². The molecule has 0 unspecified atom stereocenters. The third-order valence-corrected chi connectivity index (χ3v) is 4.25. The average molecular weight is 342 g/mol. The Morgan fingerprint density at radius 1 is 0.920 bits per heavy atom. The number of hydrogen-bond acceptors (Lipinski definition) is 4. The highest BCUT2D eigenvalue weighted by Gasteiger charge is 2.21. The maximum atomic E-state index is 6.09. The first-order valence-corrected chi connectivity index (χ1v) is 8.92. The zero-order valence-electron chi connectivity index (χ0n) is 15.0. The fourth-order valence-electron chi connectivity index (χ4n) is 2.78. The third kappa shape index (κ3) is 4.89. The lowest BCUT2D eigenvalue weighted by Crippen LogP contribution is -2.02. The third-order valence-electron chi connectivity index (χ3n) is 4.25. The van der Waals surface area contributed by atoms with Gasteiger partial charge in [0.15, 0.2) is 6.79 Å². The number of methoxy groups -OCH3 is 1. The molecule has 4 nitrogen and oxygen atoms in total. The van der Waals surface area contributed by atoms with E-state index < -0.39 is 0 Å². The topological polar surface area (TPSA) is 36.9 Å². The Kier molecular flexibility index (Phi) is 6.18. The second-order valence-corrected chi connectivity index (χ2v) is 6.22. The van der Waals surface area contributed by atoms with Crippen LogP contribution < -0.4 is 14.2 Å². The lowest BCUT2D eigenvalue weighted by Gasteiger charge is -2.16. The molecule has 0 N–H and O–H groups in total. The molecule has 0 spiro atoms. The highest BCUT2D eigenvalue weighted by atomic mass is 16.7. The Hall–Kier alpha value is -2.20. The summed E-state index contributed by atoms with van der Waals surface area (Å²) in [4.78, 5) is 0. The van der Waals surface area contributed by atoms with Crippen molar-refractivity contribution in [3.63, 3.8) is 0 Å². The predicted octanol–water partition coefficient (Wildman–Crippen LogP) is 4.91. The molecule has 0 aliphatic heterocycles. The Bertz CT molecular complexity index is 662. The van der Waals surface area contributed by atoms with Crippen LogP contribution in [-0.4, -0.2) is 27.1 Å². The van der Waals surface area contributed by atoms with Crippen molar-refractivity contribution in [1.82, 2.24) is 0 Å². The van der Waals surface area contributed by atoms with Crippen LogP contribution in [0.2, 0.25) is 0 Å². The van der Waals surface area contributed by atoms with Crippen molar-refractivity contribution in [2.45, 2.75) is 26.2 Å². The summed E-state index contributed by atoms with van der Waals surface area (Å²) in [7, 11) is 1.61. The molecule has 0 bridgehead atoms. The van der Waals surface area contributed by atoms with Crippen LogP contribution >= 0.6 is 0 Å². The first-order chi connectivity index (χ1) is 12.3. The van der Waals surface area contributed by atoms with Crippen molar-refractivity contribution in [3.8, 4) is 28.4 Å². The fourth-order valence-corrected chi connectivity index (χ4v) is 2.78. The molecule has 0 aromatic heterocycles. The standard InChI is InChI=1S/C21H26O4/c1-3-23-19-5-4-6-20(24-14-13-16-7-8-16)21(19)17-9-11-18(12-10-17)25-15-22-2/h4-6,9-12,16H,3,7-8,13-15H2,1-2H3. The Balaban J connectivity index is 1.82. The molecule has 0 atom stereocenters. The minimum atomic E-state index is 0.240. The van der Waals surface area contributed by atoms with Gasteiger partial charge in [0.1, 0.15) is 17.2 Å². The van der Waals surface area contributed by atoms with Gasteiger partial charge in [-0.15, -0.1) is 0 Å². The molecule has 0 amide bonds. The van der Waals surface area contributed by atoms with E-state index in [0.29, 0.717) is 6.61 Å². The normalized spacial score (nSPS) is 13.5. The summed E-state index contributed by atoms with van der Waals surface area (Å²) in [5.74, 6) is 3.35. The second-order valence-electron chi connectivity index (χ2n) is 6.22. The molecule has 1 fully saturated rings. The Morgan fingerprint density at radius 3 is 2.28 bits per heavy atom. The minimum Gasteiger partial charge on any atom is -0.493 e. The second kappa shape index (κ2) is 8.77. The summed E-state index contributed by atoms with van der Waals surface area (Å²) in [6, 6.07) is 13.9. The molecule has 2 aromatic carbocycles. The van der Waals surface area contributed by atoms with E-state index in [1.54, 1.807) is 7.11 Å². The molecule has 1 aliphatic carbocycles. The zero-order chi connectivity index (χ0) is 17.5. The van der Waals surface area contributed by atoms with Gasteiger partial charge in [-0.2, -0.15) is 0 Å². The molecule has 1 saturated carbocycles. The van der Waals surface area contributed by atoms with E-state index in [0.717, 1.165) is 47.3 Å². The van der Waals surface area contributed by atoms with Crippen LogP contribution in [0.3, 0.4) is 0 Å². The smallest absolute Gasteiger partial charge is 0.188 e. The molecule has 3 rings (SSSR count). The van der Waals surface area contributed by atoms with E-state index in [2.05, 4.69) is 0 Å². The molecule has 4 heteroatoms. The lowest BCUT2D eigenvalue weighted by atomic mass is 10.0. The average Bonchev–Trinajstić information content (AvgIpc) is 3.45. The van der Waals surface area contributed by atoms with Gasteiger partial charge in [0, 0.05) is 7.11 Å². The van der Waals surface area contributed by atoms with Gasteiger partial charge in [0.2, 0.25) is 0 Å². The molecular weight excluding hydrogens is 316 g/mol. The van der Waals surface area contributed by atoms with Gasteiger partial charge < -0.3 is 18.9 Å². The van der Waals surface area contributed by atoms with Gasteiger partial charge in [-0.1, -0.05) is 31.0 Å². The summed E-state index contributed by atoms with van der Waals surface area (Å²) < 4.78 is 22.3. The molecular formula is C21H26O4. The van der Waals surface area contributed by atoms with E-state index in [1.807, 2.05) is 49.4 Å². The highest BCUT2D eigenvalue weighted by Crippen LogP contribution is 2.40. The van der Waals surface area contributed by atoms with Crippen molar-refractivity contribution < 1.29 is 18.9 Å². The summed E-state index contributed by atoms with van der Waals surface area (Å²) in [6.45, 7) is 3.60. The number of ether oxygens (including phenoxy) is 4. The van der Waals surface area contributed by atoms with Crippen LogP contribution in [0.4, 0.5) is 0 Å². The largest absolute Gasteiger partial charge is 0.493 e. The van der Waals surface area contributed by atoms with E-state index in [9.17, 15) is 0 Å². The van der Waals surface area contributed by atoms with Gasteiger partial charge >= 0.3 is 0 Å². The first-order valence-electron chi connectivity index (χ1n) is 8.92. The minimum absolute atomic E-state index is 0.240. The monoisotopic (exact) mass is 342 g/mol. The summed E-state index contributed by atoms with van der Waals surface area (Å²) in [5, 5.41) is 0. The molecule has 0 heterocycles. The Morgan fingerprint density at radius 2 is 1.64 bits per heavy atom. The van der Waals surface area contributed by atoms with Crippen molar-refractivity contribution in [2.75, 3.05) is 27.1 Å².